The number of hydrogen-bond acceptors (Lipinski definition) is 3. The number of methoxy groups -OCH3 is 2. The van der Waals surface area contributed by atoms with E-state index in [1.54, 1.807) is 26.4 Å². The lowest BCUT2D eigenvalue weighted by atomic mass is 10.0. The lowest BCUT2D eigenvalue weighted by molar-refractivity contribution is 0.0942. The number of ether oxygens (including phenoxy) is 2. The molecular weight excluding hydrogens is 320 g/mol. The summed E-state index contributed by atoms with van der Waals surface area (Å²) in [6, 6.07) is 3.58. The van der Waals surface area contributed by atoms with E-state index in [4.69, 9.17) is 9.47 Å². The lowest BCUT2D eigenvalue weighted by Gasteiger charge is -2.13. The van der Waals surface area contributed by atoms with Crippen molar-refractivity contribution in [3.63, 3.8) is 0 Å². The predicted molar refractivity (Wildman–Crippen MR) is 82.6 cm³/mol. The third-order valence-electron chi connectivity index (χ3n) is 5.03. The quantitative estimate of drug-likeness (QED) is 0.765. The van der Waals surface area contributed by atoms with E-state index in [1.807, 2.05) is 0 Å². The Morgan fingerprint density at radius 2 is 1.65 bits per heavy atom. The Labute approximate surface area is 128 Å². The Kier molecular flexibility index (Phi) is 3.66. The second-order valence-corrected chi connectivity index (χ2v) is 7.20. The SMILES string of the molecule is COc1ccc(C(=O)C2C(C)(C)C2(C)C)c(OC)c1Br. The van der Waals surface area contributed by atoms with E-state index in [0.717, 1.165) is 0 Å². The van der Waals surface area contributed by atoms with Gasteiger partial charge in [-0.1, -0.05) is 27.7 Å². The molecule has 2 rings (SSSR count). The van der Waals surface area contributed by atoms with Gasteiger partial charge in [0.05, 0.1) is 19.8 Å². The van der Waals surface area contributed by atoms with Crippen LogP contribution in [0.25, 0.3) is 0 Å². The van der Waals surface area contributed by atoms with Crippen LogP contribution in [0, 0.1) is 16.7 Å². The number of rotatable bonds is 4. The van der Waals surface area contributed by atoms with Crippen LogP contribution in [0.4, 0.5) is 0 Å². The third-order valence-corrected chi connectivity index (χ3v) is 5.79. The molecule has 0 N–H and O–H groups in total. The van der Waals surface area contributed by atoms with E-state index in [0.29, 0.717) is 21.5 Å². The fourth-order valence-electron chi connectivity index (χ4n) is 3.10. The zero-order chi connectivity index (χ0) is 15.3. The standard InChI is InChI=1S/C16H21BrO3/c1-15(2)14(16(15,3)4)12(18)9-7-8-10(19-5)11(17)13(9)20-6/h7-8,14H,1-6H3. The Balaban J connectivity index is 2.45. The molecule has 1 aromatic carbocycles. The smallest absolute Gasteiger partial charge is 0.170 e. The number of benzene rings is 1. The molecule has 0 bridgehead atoms. The largest absolute Gasteiger partial charge is 0.495 e. The van der Waals surface area contributed by atoms with Crippen LogP contribution in [0.1, 0.15) is 38.1 Å². The second kappa shape index (κ2) is 4.76. The fourth-order valence-corrected chi connectivity index (χ4v) is 3.77. The van der Waals surface area contributed by atoms with Crippen LogP contribution in [-0.2, 0) is 0 Å². The summed E-state index contributed by atoms with van der Waals surface area (Å²) in [5, 5.41) is 0. The zero-order valence-electron chi connectivity index (χ0n) is 12.8. The third kappa shape index (κ3) is 1.96. The summed E-state index contributed by atoms with van der Waals surface area (Å²) in [6.45, 7) is 8.56. The second-order valence-electron chi connectivity index (χ2n) is 6.40. The number of carbonyl (C=O) groups is 1. The van der Waals surface area contributed by atoms with Gasteiger partial charge in [0.25, 0.3) is 0 Å². The zero-order valence-corrected chi connectivity index (χ0v) is 14.4. The molecule has 0 atom stereocenters. The molecule has 0 heterocycles. The summed E-state index contributed by atoms with van der Waals surface area (Å²) >= 11 is 3.45. The van der Waals surface area contributed by atoms with Gasteiger partial charge in [0.15, 0.2) is 5.78 Å². The van der Waals surface area contributed by atoms with Crippen molar-refractivity contribution < 1.29 is 14.3 Å². The maximum absolute atomic E-state index is 12.8. The molecule has 0 aromatic heterocycles. The average Bonchev–Trinajstić information content (AvgIpc) is 2.78. The molecule has 0 spiro atoms. The van der Waals surface area contributed by atoms with E-state index in [2.05, 4.69) is 43.6 Å². The number of halogens is 1. The molecule has 0 saturated heterocycles. The highest BCUT2D eigenvalue weighted by Crippen LogP contribution is 2.69. The van der Waals surface area contributed by atoms with E-state index in [-0.39, 0.29) is 22.5 Å². The minimum atomic E-state index is 0.0154. The Morgan fingerprint density at radius 3 is 2.05 bits per heavy atom. The first kappa shape index (κ1) is 15.4. The molecule has 1 saturated carbocycles. The van der Waals surface area contributed by atoms with Crippen molar-refractivity contribution in [1.29, 1.82) is 0 Å². The highest BCUT2D eigenvalue weighted by atomic mass is 79.9. The summed E-state index contributed by atoms with van der Waals surface area (Å²) < 4.78 is 11.3. The van der Waals surface area contributed by atoms with Gasteiger partial charge in [-0.15, -0.1) is 0 Å². The molecular formula is C16H21BrO3. The van der Waals surface area contributed by atoms with Crippen LogP contribution in [0.2, 0.25) is 0 Å². The van der Waals surface area contributed by atoms with E-state index < -0.39 is 0 Å². The van der Waals surface area contributed by atoms with Crippen molar-refractivity contribution >= 4 is 21.7 Å². The molecule has 0 radical (unpaired) electrons. The average molecular weight is 341 g/mol. The van der Waals surface area contributed by atoms with E-state index in [9.17, 15) is 4.79 Å². The number of Topliss-reactive ketones (excluding diaryl/α,β-unsaturated/α-hetero) is 1. The molecule has 3 nitrogen and oxygen atoms in total. The van der Waals surface area contributed by atoms with Crippen molar-refractivity contribution in [3.8, 4) is 11.5 Å². The Bertz CT molecular complexity index is 547. The van der Waals surface area contributed by atoms with Crippen LogP contribution in [0.5, 0.6) is 11.5 Å². The van der Waals surface area contributed by atoms with E-state index >= 15 is 0 Å². The molecule has 4 heteroatoms. The predicted octanol–water partition coefficient (Wildman–Crippen LogP) is 4.33. The highest BCUT2D eigenvalue weighted by Gasteiger charge is 2.68. The Morgan fingerprint density at radius 1 is 1.10 bits per heavy atom. The van der Waals surface area contributed by atoms with Gasteiger partial charge in [-0.25, -0.2) is 0 Å². The van der Waals surface area contributed by atoms with Gasteiger partial charge in [-0.05, 0) is 38.9 Å². The van der Waals surface area contributed by atoms with Crippen LogP contribution >= 0.6 is 15.9 Å². The van der Waals surface area contributed by atoms with Crippen LogP contribution in [-0.4, -0.2) is 20.0 Å². The molecule has 0 amide bonds. The first-order valence-corrected chi connectivity index (χ1v) is 7.44. The van der Waals surface area contributed by atoms with Crippen LogP contribution < -0.4 is 9.47 Å². The number of ketones is 1. The fraction of sp³-hybridized carbons (Fsp3) is 0.562. The molecule has 20 heavy (non-hydrogen) atoms. The summed E-state index contributed by atoms with van der Waals surface area (Å²) in [4.78, 5) is 12.8. The van der Waals surface area contributed by atoms with Crippen LogP contribution in [0.3, 0.4) is 0 Å². The van der Waals surface area contributed by atoms with Gasteiger partial charge in [0.2, 0.25) is 0 Å². The van der Waals surface area contributed by atoms with Crippen molar-refractivity contribution in [2.45, 2.75) is 27.7 Å². The maximum Gasteiger partial charge on any atom is 0.170 e. The number of carbonyl (C=O) groups excluding carboxylic acids is 1. The van der Waals surface area contributed by atoms with Gasteiger partial charge < -0.3 is 9.47 Å². The van der Waals surface area contributed by atoms with Crippen LogP contribution in [0.15, 0.2) is 16.6 Å². The van der Waals surface area contributed by atoms with Gasteiger partial charge >= 0.3 is 0 Å². The maximum atomic E-state index is 12.8. The molecule has 1 fully saturated rings. The summed E-state index contributed by atoms with van der Waals surface area (Å²) in [5.41, 5.74) is 0.645. The summed E-state index contributed by atoms with van der Waals surface area (Å²) in [7, 11) is 3.16. The Hall–Kier alpha value is -1.03. The molecule has 110 valence electrons. The molecule has 1 aromatic rings. The normalized spacial score (nSPS) is 19.6. The molecule has 1 aliphatic rings. The summed E-state index contributed by atoms with van der Waals surface area (Å²) in [5.74, 6) is 1.37. The number of hydrogen-bond donors (Lipinski definition) is 0. The van der Waals surface area contributed by atoms with E-state index in [1.165, 1.54) is 0 Å². The van der Waals surface area contributed by atoms with Gasteiger partial charge in [-0.2, -0.15) is 0 Å². The molecule has 0 aliphatic heterocycles. The monoisotopic (exact) mass is 340 g/mol. The molecule has 0 unspecified atom stereocenters. The van der Waals surface area contributed by atoms with Gasteiger partial charge in [0.1, 0.15) is 16.0 Å². The van der Waals surface area contributed by atoms with Crippen molar-refractivity contribution in [2.75, 3.05) is 14.2 Å². The first-order valence-electron chi connectivity index (χ1n) is 6.64. The first-order chi connectivity index (χ1) is 9.20. The minimum absolute atomic E-state index is 0.0154. The van der Waals surface area contributed by atoms with Gasteiger partial charge in [-0.3, -0.25) is 4.79 Å². The van der Waals surface area contributed by atoms with Crippen molar-refractivity contribution in [1.82, 2.24) is 0 Å². The molecule has 1 aliphatic carbocycles. The van der Waals surface area contributed by atoms with Crippen molar-refractivity contribution in [3.05, 3.63) is 22.2 Å². The lowest BCUT2D eigenvalue weighted by Crippen LogP contribution is -2.10. The minimum Gasteiger partial charge on any atom is -0.495 e. The van der Waals surface area contributed by atoms with Gasteiger partial charge in [0, 0.05) is 5.92 Å². The topological polar surface area (TPSA) is 35.5 Å². The highest BCUT2D eigenvalue weighted by molar-refractivity contribution is 9.10. The van der Waals surface area contributed by atoms with Crippen molar-refractivity contribution in [2.24, 2.45) is 16.7 Å². The summed E-state index contributed by atoms with van der Waals surface area (Å²) in [6.07, 6.45) is 0.